The molecule has 1 aliphatic heterocycles. The molecule has 18 heavy (non-hydrogen) atoms. The van der Waals surface area contributed by atoms with E-state index in [-0.39, 0.29) is 12.1 Å². The molecule has 0 spiro atoms. The molecule has 0 bridgehead atoms. The number of benzene rings is 1. The summed E-state index contributed by atoms with van der Waals surface area (Å²) in [7, 11) is 0. The molecule has 1 saturated heterocycles. The van der Waals surface area contributed by atoms with Gasteiger partial charge in [-0.3, -0.25) is 0 Å². The fourth-order valence-corrected chi connectivity index (χ4v) is 2.57. The van der Waals surface area contributed by atoms with Gasteiger partial charge in [0.25, 0.3) is 0 Å². The highest BCUT2D eigenvalue weighted by molar-refractivity contribution is 9.10. The summed E-state index contributed by atoms with van der Waals surface area (Å²) in [5.74, 6) is 0. The van der Waals surface area contributed by atoms with E-state index >= 15 is 0 Å². The van der Waals surface area contributed by atoms with Crippen LogP contribution in [0.15, 0.2) is 28.7 Å². The molecule has 98 valence electrons. The van der Waals surface area contributed by atoms with Gasteiger partial charge in [-0.05, 0) is 56.2 Å². The number of halogens is 1. The van der Waals surface area contributed by atoms with Crippen LogP contribution in [-0.2, 0) is 4.74 Å². The monoisotopic (exact) mass is 328 g/mol. The largest absolute Gasteiger partial charge is 0.376 e. The lowest BCUT2D eigenvalue weighted by Gasteiger charge is -2.22. The van der Waals surface area contributed by atoms with E-state index in [0.717, 1.165) is 29.6 Å². The van der Waals surface area contributed by atoms with Crippen molar-refractivity contribution >= 4 is 38.9 Å². The molecule has 1 fully saturated rings. The average Bonchev–Trinajstić information content (AvgIpc) is 2.85. The van der Waals surface area contributed by atoms with Crippen molar-refractivity contribution in [3.05, 3.63) is 28.7 Å². The van der Waals surface area contributed by atoms with Gasteiger partial charge in [0.1, 0.15) is 0 Å². The molecule has 2 rings (SSSR count). The summed E-state index contributed by atoms with van der Waals surface area (Å²) >= 11 is 8.69. The topological polar surface area (TPSA) is 33.3 Å². The van der Waals surface area contributed by atoms with Gasteiger partial charge in [-0.1, -0.05) is 15.9 Å². The molecule has 5 heteroatoms. The van der Waals surface area contributed by atoms with E-state index in [1.54, 1.807) is 0 Å². The molecule has 1 heterocycles. The third kappa shape index (κ3) is 3.93. The fourth-order valence-electron chi connectivity index (χ4n) is 2.00. The second kappa shape index (κ2) is 6.50. The Morgan fingerprint density at radius 2 is 2.17 bits per heavy atom. The van der Waals surface area contributed by atoms with Crippen LogP contribution in [0.5, 0.6) is 0 Å². The number of hydrogen-bond donors (Lipinski definition) is 2. The zero-order valence-electron chi connectivity index (χ0n) is 10.3. The van der Waals surface area contributed by atoms with Crippen LogP contribution in [0.25, 0.3) is 0 Å². The minimum Gasteiger partial charge on any atom is -0.376 e. The number of thiocarbonyl (C=S) groups is 1. The normalized spacial score (nSPS) is 20.4. The van der Waals surface area contributed by atoms with Crippen molar-refractivity contribution in [2.24, 2.45) is 0 Å². The van der Waals surface area contributed by atoms with Crippen LogP contribution < -0.4 is 10.6 Å². The van der Waals surface area contributed by atoms with E-state index in [0.29, 0.717) is 5.11 Å². The quantitative estimate of drug-likeness (QED) is 0.834. The number of ether oxygens (including phenoxy) is 1. The minimum atomic E-state index is 0.239. The van der Waals surface area contributed by atoms with E-state index in [2.05, 4.69) is 33.5 Å². The molecule has 0 saturated carbocycles. The van der Waals surface area contributed by atoms with Crippen molar-refractivity contribution in [2.75, 3.05) is 11.9 Å². The Morgan fingerprint density at radius 3 is 2.78 bits per heavy atom. The molecule has 1 aromatic carbocycles. The third-order valence-corrected chi connectivity index (χ3v) is 3.73. The predicted octanol–water partition coefficient (Wildman–Crippen LogP) is 3.30. The first-order chi connectivity index (χ1) is 8.65. The van der Waals surface area contributed by atoms with Gasteiger partial charge in [-0.25, -0.2) is 0 Å². The Morgan fingerprint density at radius 1 is 1.44 bits per heavy atom. The number of hydrogen-bond acceptors (Lipinski definition) is 2. The first kappa shape index (κ1) is 13.8. The highest BCUT2D eigenvalue weighted by Crippen LogP contribution is 2.16. The van der Waals surface area contributed by atoms with Crippen LogP contribution in [-0.4, -0.2) is 23.9 Å². The smallest absolute Gasteiger partial charge is 0.171 e. The molecular weight excluding hydrogens is 312 g/mol. The van der Waals surface area contributed by atoms with E-state index < -0.39 is 0 Å². The summed E-state index contributed by atoms with van der Waals surface area (Å²) < 4.78 is 6.68. The van der Waals surface area contributed by atoms with E-state index in [9.17, 15) is 0 Å². The zero-order chi connectivity index (χ0) is 13.0. The molecule has 1 aliphatic rings. The molecule has 3 nitrogen and oxygen atoms in total. The van der Waals surface area contributed by atoms with Crippen LogP contribution in [0.2, 0.25) is 0 Å². The Labute approximate surface area is 121 Å². The molecule has 2 atom stereocenters. The van der Waals surface area contributed by atoms with Gasteiger partial charge in [0.15, 0.2) is 5.11 Å². The summed E-state index contributed by atoms with van der Waals surface area (Å²) in [6.07, 6.45) is 2.52. The van der Waals surface area contributed by atoms with Crippen LogP contribution >= 0.6 is 28.1 Å². The minimum absolute atomic E-state index is 0.239. The second-order valence-corrected chi connectivity index (χ2v) is 5.77. The second-order valence-electron chi connectivity index (χ2n) is 4.45. The summed E-state index contributed by atoms with van der Waals surface area (Å²) in [6, 6.07) is 8.16. The van der Waals surface area contributed by atoms with E-state index in [4.69, 9.17) is 17.0 Å². The lowest BCUT2D eigenvalue weighted by atomic mass is 10.1. The molecular formula is C13H17BrN2OS. The summed E-state index contributed by atoms with van der Waals surface area (Å²) in [5.41, 5.74) is 0.982. The summed E-state index contributed by atoms with van der Waals surface area (Å²) in [6.45, 7) is 2.97. The van der Waals surface area contributed by atoms with Crippen molar-refractivity contribution in [3.63, 3.8) is 0 Å². The van der Waals surface area contributed by atoms with Crippen molar-refractivity contribution in [3.8, 4) is 0 Å². The fraction of sp³-hybridized carbons (Fsp3) is 0.462. The van der Waals surface area contributed by atoms with Crippen LogP contribution in [0.4, 0.5) is 5.69 Å². The maximum Gasteiger partial charge on any atom is 0.171 e. The maximum absolute atomic E-state index is 5.63. The summed E-state index contributed by atoms with van der Waals surface area (Å²) in [4.78, 5) is 0. The van der Waals surface area contributed by atoms with Gasteiger partial charge in [0.2, 0.25) is 0 Å². The van der Waals surface area contributed by atoms with Crippen LogP contribution in [0.1, 0.15) is 19.8 Å². The first-order valence-corrected chi connectivity index (χ1v) is 7.30. The first-order valence-electron chi connectivity index (χ1n) is 6.10. The van der Waals surface area contributed by atoms with Gasteiger partial charge in [0.05, 0.1) is 12.1 Å². The zero-order valence-corrected chi connectivity index (χ0v) is 12.7. The molecule has 2 N–H and O–H groups in total. The summed E-state index contributed by atoms with van der Waals surface area (Å²) in [5, 5.41) is 7.08. The lowest BCUT2D eigenvalue weighted by molar-refractivity contribution is 0.0895. The Hall–Kier alpha value is -0.650. The molecule has 0 amide bonds. The van der Waals surface area contributed by atoms with Crippen molar-refractivity contribution in [1.82, 2.24) is 5.32 Å². The van der Waals surface area contributed by atoms with Gasteiger partial charge in [-0.15, -0.1) is 0 Å². The highest BCUT2D eigenvalue weighted by atomic mass is 79.9. The van der Waals surface area contributed by atoms with Gasteiger partial charge >= 0.3 is 0 Å². The molecule has 0 aliphatic carbocycles. The standard InChI is InChI=1S/C13H17BrN2OS/c1-9(12-3-2-8-17-12)15-13(18)16-11-6-4-10(14)5-7-11/h4-7,9,12H,2-3,8H2,1H3,(H2,15,16,18). The molecule has 0 aromatic heterocycles. The predicted molar refractivity (Wildman–Crippen MR) is 81.9 cm³/mol. The Bertz CT molecular complexity index is 404. The molecule has 0 radical (unpaired) electrons. The van der Waals surface area contributed by atoms with Crippen molar-refractivity contribution in [1.29, 1.82) is 0 Å². The number of rotatable bonds is 3. The third-order valence-electron chi connectivity index (χ3n) is 2.98. The van der Waals surface area contributed by atoms with Gasteiger partial charge in [0, 0.05) is 16.8 Å². The SMILES string of the molecule is CC(NC(=S)Nc1ccc(Br)cc1)C1CCCO1. The Balaban J connectivity index is 1.82. The number of anilines is 1. The average molecular weight is 329 g/mol. The van der Waals surface area contributed by atoms with Gasteiger partial charge in [-0.2, -0.15) is 0 Å². The molecule has 1 aromatic rings. The maximum atomic E-state index is 5.63. The van der Waals surface area contributed by atoms with Crippen LogP contribution in [0.3, 0.4) is 0 Å². The number of nitrogens with one attached hydrogen (secondary N) is 2. The van der Waals surface area contributed by atoms with Crippen LogP contribution in [0, 0.1) is 0 Å². The van der Waals surface area contributed by atoms with E-state index in [1.165, 1.54) is 0 Å². The van der Waals surface area contributed by atoms with Crippen molar-refractivity contribution < 1.29 is 4.74 Å². The van der Waals surface area contributed by atoms with E-state index in [1.807, 2.05) is 24.3 Å². The molecule has 2 unspecified atom stereocenters. The Kier molecular flexibility index (Phi) is 4.97. The van der Waals surface area contributed by atoms with Gasteiger partial charge < -0.3 is 15.4 Å². The lowest BCUT2D eigenvalue weighted by Crippen LogP contribution is -2.42. The van der Waals surface area contributed by atoms with Crippen molar-refractivity contribution in [2.45, 2.75) is 31.9 Å². The highest BCUT2D eigenvalue weighted by Gasteiger charge is 2.22.